The van der Waals surface area contributed by atoms with Crippen molar-refractivity contribution < 1.29 is 66.1 Å². The number of fused-ring (bicyclic) bond motifs is 2. The van der Waals surface area contributed by atoms with Crippen molar-refractivity contribution in [2.24, 2.45) is 17.4 Å². The molecule has 26 heteroatoms. The minimum atomic E-state index is -4.19. The number of hydrogen-bond acceptors (Lipinski definition) is 13. The number of carbonyl (C=O) groups excluding carboxylic acids is 8. The molecule has 8 amide bonds. The number of piperidine rings is 1. The van der Waals surface area contributed by atoms with E-state index >= 15 is 8.63 Å². The third-order valence-corrected chi connectivity index (χ3v) is 16.6. The second-order valence-electron chi connectivity index (χ2n) is 22.8. The number of thiophene rings is 1. The summed E-state index contributed by atoms with van der Waals surface area (Å²) >= 11 is 1.40. The van der Waals surface area contributed by atoms with Gasteiger partial charge in [-0.05, 0) is 103 Å². The number of para-hydroxylation sites is 1. The van der Waals surface area contributed by atoms with Gasteiger partial charge in [0.1, 0.15) is 41.8 Å². The van der Waals surface area contributed by atoms with Gasteiger partial charge in [-0.1, -0.05) is 86.7 Å². The molecule has 1 fully saturated rings. The van der Waals surface area contributed by atoms with Gasteiger partial charge in [0.25, 0.3) is 5.91 Å². The highest BCUT2D eigenvalue weighted by Gasteiger charge is 2.52. The maximum absolute atomic E-state index is 16.2. The van der Waals surface area contributed by atoms with Gasteiger partial charge < -0.3 is 80.4 Å². The molecule has 5 heterocycles. The van der Waals surface area contributed by atoms with E-state index in [9.17, 15) is 43.5 Å². The van der Waals surface area contributed by atoms with Crippen LogP contribution in [0.2, 0.25) is 0 Å². The molecule has 2 aromatic heterocycles. The summed E-state index contributed by atoms with van der Waals surface area (Å²) in [6.45, 7) is -0.229. The van der Waals surface area contributed by atoms with Crippen molar-refractivity contribution in [1.29, 1.82) is 0 Å². The van der Waals surface area contributed by atoms with Gasteiger partial charge in [0.15, 0.2) is 18.0 Å². The number of carbonyl (C=O) groups is 8. The Morgan fingerprint density at radius 3 is 2.18 bits per heavy atom. The number of allylic oxidation sites excluding steroid dienone is 2. The fourth-order valence-corrected chi connectivity index (χ4v) is 11.6. The number of ether oxygens (including phenoxy) is 2. The molecule has 22 nitrogen and oxygen atoms in total. The van der Waals surface area contributed by atoms with Gasteiger partial charge in [0, 0.05) is 81.6 Å². The molecule has 5 aromatic rings. The Morgan fingerprint density at radius 1 is 0.747 bits per heavy atom. The Morgan fingerprint density at radius 2 is 1.47 bits per heavy atom. The van der Waals surface area contributed by atoms with Crippen molar-refractivity contribution in [3.63, 3.8) is 0 Å². The predicted octanol–water partition coefficient (Wildman–Crippen LogP) is 4.01. The Bertz CT molecular complexity index is 3520. The zero-order valence-electron chi connectivity index (χ0n) is 50.8. The third kappa shape index (κ3) is 19.1. The number of nitrogens with two attached hydrogens (primary N) is 2. The summed E-state index contributed by atoms with van der Waals surface area (Å²) in [4.78, 5) is 106. The van der Waals surface area contributed by atoms with Gasteiger partial charge in [-0.15, -0.1) is 11.3 Å². The lowest BCUT2D eigenvalue weighted by Crippen LogP contribution is -2.59. The quantitative estimate of drug-likeness (QED) is 0.0213. The van der Waals surface area contributed by atoms with Crippen molar-refractivity contribution in [3.05, 3.63) is 159 Å². The predicted molar refractivity (Wildman–Crippen MR) is 342 cm³/mol. The summed E-state index contributed by atoms with van der Waals surface area (Å²) in [5.74, 6) is -5.15. The summed E-state index contributed by atoms with van der Waals surface area (Å²) in [5, 5.41) is 27.2. The van der Waals surface area contributed by atoms with E-state index in [1.165, 1.54) is 16.9 Å². The van der Waals surface area contributed by atoms with Crippen LogP contribution in [0.15, 0.2) is 126 Å². The van der Waals surface area contributed by atoms with Gasteiger partial charge in [0.05, 0.1) is 17.9 Å². The fourth-order valence-electron chi connectivity index (χ4n) is 10.8. The zero-order valence-corrected chi connectivity index (χ0v) is 51.6. The third-order valence-electron chi connectivity index (χ3n) is 15.7. The molecule has 3 aliphatic rings. The molecule has 0 bridgehead atoms. The molecule has 1 saturated heterocycles. The SMILES string of the molecule is CC(C)[C@H](NC(=O)CCN1CCC(Oc2ccccc2Cc2ccccc2)CC1)C(=O)N[C@@H](CO)C(=O)N[C@@H](CC(N)=O)C(=O)NCCC(=O)N[C@@H](CCCCNC(=O)COc1ccc(/C=C/c2ccc3n2[B-](F)(F)[N+]2=C(c4cccs4)C=CC2=C3)cc1)C(N)=O. The molecule has 8 rings (SSSR count). The number of nitrogens with one attached hydrogen (secondary N) is 6. The molecule has 0 unspecified atom stereocenters. The van der Waals surface area contributed by atoms with Crippen molar-refractivity contribution in [2.45, 2.75) is 102 Å². The number of aliphatic hydroxyl groups is 1. The van der Waals surface area contributed by atoms with Crippen LogP contribution in [0, 0.1) is 5.92 Å². The van der Waals surface area contributed by atoms with Crippen LogP contribution in [-0.2, 0) is 44.8 Å². The lowest BCUT2D eigenvalue weighted by atomic mass is 9.90. The molecule has 4 atom stereocenters. The molecular weight excluding hydrogens is 1190 g/mol. The molecule has 3 aromatic carbocycles. The van der Waals surface area contributed by atoms with Gasteiger partial charge >= 0.3 is 6.97 Å². The van der Waals surface area contributed by atoms with E-state index < -0.39 is 97.3 Å². The summed E-state index contributed by atoms with van der Waals surface area (Å²) in [7, 11) is 0. The van der Waals surface area contributed by atoms with Crippen LogP contribution < -0.4 is 52.8 Å². The maximum Gasteiger partial charge on any atom is 0.737 e. The first-order valence-corrected chi connectivity index (χ1v) is 31.3. The Balaban J connectivity index is 0.695. The molecule has 0 saturated carbocycles. The molecule has 0 spiro atoms. The van der Waals surface area contributed by atoms with Gasteiger partial charge in [0.2, 0.25) is 41.4 Å². The molecule has 11 N–H and O–H groups in total. The smallest absolute Gasteiger partial charge is 0.490 e. The lowest BCUT2D eigenvalue weighted by molar-refractivity contribution is -0.360. The first-order valence-electron chi connectivity index (χ1n) is 30.4. The van der Waals surface area contributed by atoms with Crippen LogP contribution in [0.3, 0.4) is 0 Å². The Hall–Kier alpha value is -9.27. The van der Waals surface area contributed by atoms with Crippen LogP contribution in [0.4, 0.5) is 8.63 Å². The highest BCUT2D eigenvalue weighted by Crippen LogP contribution is 2.35. The number of amides is 8. The van der Waals surface area contributed by atoms with Gasteiger partial charge in [-0.3, -0.25) is 38.4 Å². The topological polar surface area (TPSA) is 311 Å². The first-order chi connectivity index (χ1) is 43.8. The van der Waals surface area contributed by atoms with Crippen LogP contribution >= 0.6 is 11.3 Å². The highest BCUT2D eigenvalue weighted by molar-refractivity contribution is 7.12. The highest BCUT2D eigenvalue weighted by atomic mass is 32.1. The van der Waals surface area contributed by atoms with E-state index in [1.54, 1.807) is 80.6 Å². The zero-order chi connectivity index (χ0) is 65.0. The van der Waals surface area contributed by atoms with E-state index in [-0.39, 0.29) is 45.1 Å². The second kappa shape index (κ2) is 32.5. The fraction of sp³-hybridized carbons (Fsp3) is 0.369. The number of aromatic nitrogens is 1. The van der Waals surface area contributed by atoms with Crippen molar-refractivity contribution in [1.82, 2.24) is 41.3 Å². The van der Waals surface area contributed by atoms with E-state index in [4.69, 9.17) is 20.9 Å². The van der Waals surface area contributed by atoms with Crippen LogP contribution in [-0.4, -0.2) is 155 Å². The maximum atomic E-state index is 16.2. The summed E-state index contributed by atoms with van der Waals surface area (Å²) < 4.78 is 46.7. The van der Waals surface area contributed by atoms with Gasteiger partial charge in [-0.2, -0.15) is 0 Å². The Kier molecular flexibility index (Phi) is 24.1. The minimum Gasteiger partial charge on any atom is -0.490 e. The van der Waals surface area contributed by atoms with Crippen LogP contribution in [0.5, 0.6) is 11.5 Å². The lowest BCUT2D eigenvalue weighted by Gasteiger charge is -2.32. The average molecular weight is 1270 g/mol. The first kappa shape index (κ1) is 67.7. The van der Waals surface area contributed by atoms with E-state index in [0.717, 1.165) is 44.4 Å². The summed E-state index contributed by atoms with van der Waals surface area (Å²) in [5.41, 5.74) is 15.6. The minimum absolute atomic E-state index is 0.0137. The average Bonchev–Trinajstić information content (AvgIpc) is 1.60. The standard InChI is InChI=1S/C65H78BF2N11O11S/c1-42(2)61(76-59(83)30-35-77-33-28-50(29-34-77)90-55-15-7-6-13-45(55)37-44-11-4-3-5-12-44)65(88)75-53(40-80)64(87)74-52(39-57(69)81)63(86)72-32-27-58(82)73-51(62(70)85)14-8-9-31-71-60(84)41-89-49-24-18-43(19-25-49)17-20-46-21-22-47-38-48-23-26-54(56-16-10-36-91-56)79(48)66(67,68)78(46)47/h3-7,10-13,15-26,36,38,42,50-53,61,80H,8-9,14,27-35,37,39-41H2,1-2H3,(H2,69,81)(H2,70,85)(H,71,84)(H,72,86)(H,73,82)(H,74,87)(H,75,88)(H,76,83)/b20-17+/t51-,52-,53-,61-/m0/s1. The van der Waals surface area contributed by atoms with E-state index in [2.05, 4.69) is 55.0 Å². The molecule has 91 heavy (non-hydrogen) atoms. The van der Waals surface area contributed by atoms with E-state index in [1.807, 2.05) is 53.9 Å². The largest absolute Gasteiger partial charge is 0.737 e. The Labute approximate surface area is 530 Å². The number of rotatable bonds is 33. The molecule has 0 aliphatic carbocycles. The van der Waals surface area contributed by atoms with Crippen molar-refractivity contribution >= 4 is 89.5 Å². The normalized spacial score (nSPS) is 15.7. The number of benzene rings is 3. The van der Waals surface area contributed by atoms with Crippen molar-refractivity contribution in [3.8, 4) is 11.5 Å². The monoisotopic (exact) mass is 1270 g/mol. The number of primary amides is 2. The van der Waals surface area contributed by atoms with Crippen LogP contribution in [0.25, 0.3) is 18.2 Å². The molecule has 3 aliphatic heterocycles. The number of unbranched alkanes of at least 4 members (excludes halogenated alkanes) is 1. The number of likely N-dealkylation sites (tertiary alicyclic amines) is 1. The number of aliphatic hydroxyl groups excluding tert-OH is 1. The summed E-state index contributed by atoms with van der Waals surface area (Å²) in [6.07, 6.45) is 10.8. The number of hydrogen-bond donors (Lipinski definition) is 9. The second-order valence-corrected chi connectivity index (χ2v) is 23.8. The number of nitrogens with zero attached hydrogens (tertiary/aromatic N) is 3. The van der Waals surface area contributed by atoms with Gasteiger partial charge in [-0.25, -0.2) is 0 Å². The van der Waals surface area contributed by atoms with Crippen molar-refractivity contribution in [2.75, 3.05) is 45.9 Å². The summed E-state index contributed by atoms with van der Waals surface area (Å²) in [6, 6.07) is 26.6. The number of halogens is 2. The molecule has 0 radical (unpaired) electrons. The van der Waals surface area contributed by atoms with E-state index in [0.29, 0.717) is 66.6 Å². The molecular formula is C65H78BF2N11O11S. The van der Waals surface area contributed by atoms with Crippen LogP contribution in [0.1, 0.15) is 98.2 Å². The molecule has 482 valence electrons.